The average molecular weight is 559 g/mol. The third kappa shape index (κ3) is 12.7. The molecule has 4 nitrogen and oxygen atoms in total. The van der Waals surface area contributed by atoms with Crippen LogP contribution in [0.15, 0.2) is 51.9 Å². The fourth-order valence-electron chi connectivity index (χ4n) is 4.16. The number of hydrogen-bond donors (Lipinski definition) is 0. The van der Waals surface area contributed by atoms with Crippen LogP contribution < -0.4 is 9.47 Å². The summed E-state index contributed by atoms with van der Waals surface area (Å²) in [5, 5.41) is 0. The number of methoxy groups -OCH3 is 1. The molecule has 0 aromatic heterocycles. The van der Waals surface area contributed by atoms with Crippen LogP contribution in [0.3, 0.4) is 0 Å². The molecule has 5 heteroatoms. The third-order valence-electron chi connectivity index (χ3n) is 6.35. The smallest absolute Gasteiger partial charge is 0.343 e. The lowest BCUT2D eigenvalue weighted by Crippen LogP contribution is -2.09. The summed E-state index contributed by atoms with van der Waals surface area (Å²) in [4.78, 5) is 17.0. The van der Waals surface area contributed by atoms with Crippen molar-refractivity contribution in [1.82, 2.24) is 0 Å². The minimum Gasteiger partial charge on any atom is -0.493 e. The zero-order chi connectivity index (χ0) is 25.8. The topological polar surface area (TPSA) is 47.9 Å². The van der Waals surface area contributed by atoms with E-state index in [1.54, 1.807) is 25.3 Å². The van der Waals surface area contributed by atoms with Gasteiger partial charge in [0.2, 0.25) is 0 Å². The monoisotopic (exact) mass is 557 g/mol. The van der Waals surface area contributed by atoms with Gasteiger partial charge in [-0.25, -0.2) is 4.79 Å². The molecule has 0 aliphatic carbocycles. The first-order valence-electron chi connectivity index (χ1n) is 13.8. The molecule has 0 bridgehead atoms. The Morgan fingerprint density at radius 3 is 1.89 bits per heavy atom. The molecule has 198 valence electrons. The van der Waals surface area contributed by atoms with Gasteiger partial charge in [-0.2, -0.15) is 0 Å². The molecule has 0 heterocycles. The molecule has 0 aliphatic heterocycles. The van der Waals surface area contributed by atoms with Crippen LogP contribution in [0.4, 0.5) is 0 Å². The fourth-order valence-corrected chi connectivity index (χ4v) is 4.43. The lowest BCUT2D eigenvalue weighted by atomic mass is 10.0. The van der Waals surface area contributed by atoms with E-state index in [1.165, 1.54) is 83.5 Å². The first-order chi connectivity index (χ1) is 17.6. The molecule has 0 aliphatic rings. The molecule has 36 heavy (non-hydrogen) atoms. The van der Waals surface area contributed by atoms with Gasteiger partial charge < -0.3 is 9.47 Å². The summed E-state index contributed by atoms with van der Waals surface area (Å²) in [7, 11) is 1.57. The summed E-state index contributed by atoms with van der Waals surface area (Å²) in [5.41, 5.74) is 1.42. The Balaban J connectivity index is 1.57. The second-order valence-corrected chi connectivity index (χ2v) is 10.4. The van der Waals surface area contributed by atoms with Crippen molar-refractivity contribution < 1.29 is 14.3 Å². The first-order valence-corrected chi connectivity index (χ1v) is 14.6. The predicted octanol–water partition coefficient (Wildman–Crippen LogP) is 9.58. The largest absolute Gasteiger partial charge is 0.493 e. The van der Waals surface area contributed by atoms with Crippen LogP contribution in [0.2, 0.25) is 0 Å². The Morgan fingerprint density at radius 2 is 1.33 bits per heavy atom. The molecule has 0 radical (unpaired) electrons. The second-order valence-electron chi connectivity index (χ2n) is 9.44. The van der Waals surface area contributed by atoms with Crippen LogP contribution in [0.1, 0.15) is 113 Å². The molecule has 0 spiro atoms. The van der Waals surface area contributed by atoms with E-state index in [-0.39, 0.29) is 0 Å². The van der Waals surface area contributed by atoms with E-state index in [1.807, 2.05) is 30.5 Å². The summed E-state index contributed by atoms with van der Waals surface area (Å²) in [6.45, 7) is 3.11. The molecule has 0 saturated carbocycles. The van der Waals surface area contributed by atoms with Gasteiger partial charge in [0.05, 0.1) is 12.7 Å². The number of halogens is 1. The number of esters is 1. The van der Waals surface area contributed by atoms with E-state index in [9.17, 15) is 4.79 Å². The minimum atomic E-state index is -0.417. The van der Waals surface area contributed by atoms with Gasteiger partial charge in [0.15, 0.2) is 11.5 Å². The van der Waals surface area contributed by atoms with E-state index < -0.39 is 5.97 Å². The van der Waals surface area contributed by atoms with Crippen LogP contribution >= 0.6 is 15.9 Å². The van der Waals surface area contributed by atoms with Crippen molar-refractivity contribution >= 4 is 28.1 Å². The number of rotatable bonds is 19. The van der Waals surface area contributed by atoms with Gasteiger partial charge in [0.25, 0.3) is 0 Å². The zero-order valence-electron chi connectivity index (χ0n) is 22.3. The summed E-state index contributed by atoms with van der Waals surface area (Å²) in [6, 6.07) is 12.6. The van der Waals surface area contributed by atoms with Gasteiger partial charge in [0.1, 0.15) is 0 Å². The summed E-state index contributed by atoms with van der Waals surface area (Å²) in [6.07, 6.45) is 20.9. The van der Waals surface area contributed by atoms with Crippen molar-refractivity contribution in [1.29, 1.82) is 0 Å². The summed E-state index contributed by atoms with van der Waals surface area (Å²) in [5.74, 6) is 0.496. The van der Waals surface area contributed by atoms with Crippen LogP contribution in [0.25, 0.3) is 0 Å². The molecular weight excluding hydrogens is 514 g/mol. The van der Waals surface area contributed by atoms with Crippen molar-refractivity contribution in [3.05, 3.63) is 58.1 Å². The highest BCUT2D eigenvalue weighted by molar-refractivity contribution is 9.10. The summed E-state index contributed by atoms with van der Waals surface area (Å²) < 4.78 is 11.9. The molecule has 0 atom stereocenters. The van der Waals surface area contributed by atoms with Crippen LogP contribution in [0, 0.1) is 0 Å². The lowest BCUT2D eigenvalue weighted by molar-refractivity contribution is 0.0729. The Kier molecular flexibility index (Phi) is 15.9. The normalized spacial score (nSPS) is 11.2. The highest BCUT2D eigenvalue weighted by Crippen LogP contribution is 2.28. The van der Waals surface area contributed by atoms with Gasteiger partial charge in [-0.05, 0) is 54.4 Å². The van der Waals surface area contributed by atoms with Crippen molar-refractivity contribution in [2.75, 3.05) is 13.7 Å². The van der Waals surface area contributed by atoms with Gasteiger partial charge in [0, 0.05) is 17.2 Å². The highest BCUT2D eigenvalue weighted by atomic mass is 79.9. The molecule has 0 saturated heterocycles. The molecule has 0 N–H and O–H groups in total. The van der Waals surface area contributed by atoms with Crippen molar-refractivity contribution in [2.45, 2.75) is 96.8 Å². The second kappa shape index (κ2) is 19.0. The number of aliphatic imine (C=N–C) groups is 1. The quantitative estimate of drug-likeness (QED) is 0.0747. The van der Waals surface area contributed by atoms with Crippen LogP contribution in [-0.2, 0) is 0 Å². The molecule has 0 unspecified atom stereocenters. The SMILES string of the molecule is CCCCCCCCCCCCCCCCN=Cc1ccc(OC(=O)c2ccc(Br)cc2)c(OC)c1. The fraction of sp³-hybridized carbons (Fsp3) is 0.548. The van der Waals surface area contributed by atoms with E-state index in [0.717, 1.165) is 23.0 Å². The molecule has 0 amide bonds. The predicted molar refractivity (Wildman–Crippen MR) is 155 cm³/mol. The van der Waals surface area contributed by atoms with E-state index in [4.69, 9.17) is 9.47 Å². The number of hydrogen-bond acceptors (Lipinski definition) is 4. The maximum Gasteiger partial charge on any atom is 0.343 e. The minimum absolute atomic E-state index is 0.398. The lowest BCUT2D eigenvalue weighted by Gasteiger charge is -2.10. The molecule has 2 rings (SSSR count). The van der Waals surface area contributed by atoms with Crippen molar-refractivity contribution in [3.8, 4) is 11.5 Å². The number of unbranched alkanes of at least 4 members (excludes halogenated alkanes) is 13. The third-order valence-corrected chi connectivity index (χ3v) is 6.88. The number of ether oxygens (including phenoxy) is 2. The molecule has 0 fully saturated rings. The average Bonchev–Trinajstić information content (AvgIpc) is 2.89. The standard InChI is InChI=1S/C31H44BrNO3/c1-3-4-5-6-7-8-9-10-11-12-13-14-15-16-23-33-25-26-17-22-29(30(24-26)35-2)36-31(34)27-18-20-28(32)21-19-27/h17-22,24-25H,3-16,23H2,1-2H3. The van der Waals surface area contributed by atoms with Crippen LogP contribution in [-0.4, -0.2) is 25.8 Å². The van der Waals surface area contributed by atoms with Gasteiger partial charge in [-0.1, -0.05) is 106 Å². The number of nitrogens with zero attached hydrogens (tertiary/aromatic N) is 1. The maximum atomic E-state index is 12.4. The maximum absolute atomic E-state index is 12.4. The number of benzene rings is 2. The highest BCUT2D eigenvalue weighted by Gasteiger charge is 2.12. The Bertz CT molecular complexity index is 895. The van der Waals surface area contributed by atoms with Gasteiger partial charge in [-0.3, -0.25) is 4.99 Å². The molecule has 2 aromatic rings. The van der Waals surface area contributed by atoms with Gasteiger partial charge >= 0.3 is 5.97 Å². The summed E-state index contributed by atoms with van der Waals surface area (Å²) >= 11 is 3.37. The Morgan fingerprint density at radius 1 is 0.778 bits per heavy atom. The zero-order valence-corrected chi connectivity index (χ0v) is 23.9. The Hall–Kier alpha value is -2.14. The van der Waals surface area contributed by atoms with Crippen molar-refractivity contribution in [2.24, 2.45) is 4.99 Å². The van der Waals surface area contributed by atoms with Gasteiger partial charge in [-0.15, -0.1) is 0 Å². The molecular formula is C31H44BrNO3. The van der Waals surface area contributed by atoms with Crippen LogP contribution in [0.5, 0.6) is 11.5 Å². The van der Waals surface area contributed by atoms with E-state index in [2.05, 4.69) is 27.8 Å². The first kappa shape index (κ1) is 30.1. The van der Waals surface area contributed by atoms with E-state index >= 15 is 0 Å². The van der Waals surface area contributed by atoms with Crippen molar-refractivity contribution in [3.63, 3.8) is 0 Å². The number of carbonyl (C=O) groups excluding carboxylic acids is 1. The number of carbonyl (C=O) groups is 1. The van der Waals surface area contributed by atoms with E-state index in [0.29, 0.717) is 17.1 Å². The molecule has 2 aromatic carbocycles. The Labute approximate surface area is 227 Å².